The van der Waals surface area contributed by atoms with E-state index >= 15 is 0 Å². The molecule has 1 atom stereocenters. The number of carbonyl (C=O) groups excluding carboxylic acids is 1. The first kappa shape index (κ1) is 18.7. The Morgan fingerprint density at radius 3 is 2.68 bits per heavy atom. The number of amides is 1. The van der Waals surface area contributed by atoms with Crippen LogP contribution >= 0.6 is 11.3 Å². The molecule has 1 fully saturated rings. The summed E-state index contributed by atoms with van der Waals surface area (Å²) >= 11 is 1.74. The van der Waals surface area contributed by atoms with Crippen LogP contribution in [0.4, 0.5) is 0 Å². The molecule has 0 N–H and O–H groups in total. The summed E-state index contributed by atoms with van der Waals surface area (Å²) in [6.07, 6.45) is 2.06. The van der Waals surface area contributed by atoms with Crippen molar-refractivity contribution in [2.75, 3.05) is 26.3 Å². The van der Waals surface area contributed by atoms with E-state index in [9.17, 15) is 4.79 Å². The van der Waals surface area contributed by atoms with Crippen LogP contribution in [0, 0.1) is 0 Å². The molecule has 6 heteroatoms. The monoisotopic (exact) mass is 396 g/mol. The van der Waals surface area contributed by atoms with Gasteiger partial charge >= 0.3 is 0 Å². The third-order valence-corrected chi connectivity index (χ3v) is 6.13. The van der Waals surface area contributed by atoms with Gasteiger partial charge in [0.05, 0.1) is 21.8 Å². The summed E-state index contributed by atoms with van der Waals surface area (Å²) in [5.41, 5.74) is 1.04. The zero-order valence-corrected chi connectivity index (χ0v) is 16.8. The number of benzene rings is 2. The van der Waals surface area contributed by atoms with Crippen molar-refractivity contribution < 1.29 is 14.3 Å². The highest BCUT2D eigenvalue weighted by Gasteiger charge is 2.27. The van der Waals surface area contributed by atoms with Gasteiger partial charge in [-0.2, -0.15) is 0 Å². The molecule has 4 rings (SSSR count). The number of carbonyl (C=O) groups is 1. The molecule has 1 saturated heterocycles. The molecule has 1 amide bonds. The van der Waals surface area contributed by atoms with Gasteiger partial charge in [0.2, 0.25) is 0 Å². The van der Waals surface area contributed by atoms with Crippen LogP contribution in [-0.4, -0.2) is 42.1 Å². The number of hydrogen-bond donors (Lipinski definition) is 0. The highest BCUT2D eigenvalue weighted by molar-refractivity contribution is 7.18. The fraction of sp³-hybridized carbons (Fsp3) is 0.364. The molecule has 1 aliphatic heterocycles. The second kappa shape index (κ2) is 8.61. The van der Waals surface area contributed by atoms with Crippen LogP contribution in [0.3, 0.4) is 0 Å². The summed E-state index contributed by atoms with van der Waals surface area (Å²) in [5.74, 6) is 1.59. The number of rotatable bonds is 6. The SMILES string of the molecule is CCOc1ccccc1OCC(=O)N1CCC[C@@H](c2nc3ccccc3s2)C1. The summed E-state index contributed by atoms with van der Waals surface area (Å²) in [5, 5.41) is 1.13. The highest BCUT2D eigenvalue weighted by Crippen LogP contribution is 2.33. The van der Waals surface area contributed by atoms with Crippen molar-refractivity contribution >= 4 is 27.5 Å². The van der Waals surface area contributed by atoms with Crippen molar-refractivity contribution in [3.63, 3.8) is 0 Å². The Morgan fingerprint density at radius 1 is 1.14 bits per heavy atom. The van der Waals surface area contributed by atoms with Crippen molar-refractivity contribution in [1.29, 1.82) is 0 Å². The maximum Gasteiger partial charge on any atom is 0.260 e. The minimum absolute atomic E-state index is 0.0112. The van der Waals surface area contributed by atoms with Crippen LogP contribution in [0.15, 0.2) is 48.5 Å². The number of nitrogens with zero attached hydrogens (tertiary/aromatic N) is 2. The van der Waals surface area contributed by atoms with Crippen molar-refractivity contribution in [3.8, 4) is 11.5 Å². The number of aromatic nitrogens is 1. The molecule has 28 heavy (non-hydrogen) atoms. The number of likely N-dealkylation sites (tertiary alicyclic amines) is 1. The molecule has 0 bridgehead atoms. The molecule has 0 saturated carbocycles. The van der Waals surface area contributed by atoms with Crippen LogP contribution in [-0.2, 0) is 4.79 Å². The van der Waals surface area contributed by atoms with E-state index < -0.39 is 0 Å². The van der Waals surface area contributed by atoms with E-state index in [4.69, 9.17) is 14.5 Å². The van der Waals surface area contributed by atoms with Crippen molar-refractivity contribution in [2.45, 2.75) is 25.7 Å². The Bertz CT molecular complexity index is 923. The topological polar surface area (TPSA) is 51.7 Å². The molecule has 146 valence electrons. The van der Waals surface area contributed by atoms with Crippen LogP contribution in [0.2, 0.25) is 0 Å². The summed E-state index contributed by atoms with van der Waals surface area (Å²) < 4.78 is 12.5. The van der Waals surface area contributed by atoms with E-state index in [1.807, 2.05) is 54.3 Å². The van der Waals surface area contributed by atoms with E-state index in [2.05, 4.69) is 6.07 Å². The first-order valence-corrected chi connectivity index (χ1v) is 10.5. The maximum absolute atomic E-state index is 12.7. The first-order chi connectivity index (χ1) is 13.7. The van der Waals surface area contributed by atoms with Gasteiger partial charge in [-0.05, 0) is 44.0 Å². The molecule has 0 spiro atoms. The molecular formula is C22H24N2O3S. The van der Waals surface area contributed by atoms with Crippen LogP contribution in [0.5, 0.6) is 11.5 Å². The first-order valence-electron chi connectivity index (χ1n) is 9.72. The van der Waals surface area contributed by atoms with Gasteiger partial charge in [-0.1, -0.05) is 24.3 Å². The molecule has 5 nitrogen and oxygen atoms in total. The zero-order valence-electron chi connectivity index (χ0n) is 16.0. The minimum atomic E-state index is 0.0112. The Morgan fingerprint density at radius 2 is 1.89 bits per heavy atom. The summed E-state index contributed by atoms with van der Waals surface area (Å²) in [6.45, 7) is 3.99. The smallest absolute Gasteiger partial charge is 0.260 e. The number of piperidine rings is 1. The Hall–Kier alpha value is -2.60. The predicted octanol–water partition coefficient (Wildman–Crippen LogP) is 4.48. The highest BCUT2D eigenvalue weighted by atomic mass is 32.1. The standard InChI is InChI=1S/C22H24N2O3S/c1-2-26-18-10-4-5-11-19(18)27-15-21(25)24-13-7-8-16(14-24)22-23-17-9-3-6-12-20(17)28-22/h3-6,9-12,16H,2,7-8,13-15H2,1H3/t16-/m1/s1. The Labute approximate surface area is 168 Å². The third kappa shape index (κ3) is 4.12. The lowest BCUT2D eigenvalue weighted by atomic mass is 9.99. The van der Waals surface area contributed by atoms with Crippen molar-refractivity contribution in [1.82, 2.24) is 9.88 Å². The fourth-order valence-electron chi connectivity index (χ4n) is 3.54. The third-order valence-electron chi connectivity index (χ3n) is 4.93. The van der Waals surface area contributed by atoms with E-state index in [-0.39, 0.29) is 12.5 Å². The lowest BCUT2D eigenvalue weighted by Gasteiger charge is -2.31. The average Bonchev–Trinajstić information content (AvgIpc) is 3.18. The minimum Gasteiger partial charge on any atom is -0.490 e. The molecule has 1 aromatic heterocycles. The van der Waals surface area contributed by atoms with E-state index in [0.717, 1.165) is 29.9 Å². The molecular weight excluding hydrogens is 372 g/mol. The Balaban J connectivity index is 1.39. The zero-order chi connectivity index (χ0) is 19.3. The van der Waals surface area contributed by atoms with Gasteiger partial charge in [0.15, 0.2) is 18.1 Å². The maximum atomic E-state index is 12.7. The van der Waals surface area contributed by atoms with E-state index in [1.54, 1.807) is 11.3 Å². The normalized spacial score (nSPS) is 16.9. The van der Waals surface area contributed by atoms with Gasteiger partial charge in [-0.3, -0.25) is 4.79 Å². The number of thiazole rings is 1. The average molecular weight is 397 g/mol. The van der Waals surface area contributed by atoms with Crippen molar-refractivity contribution in [3.05, 3.63) is 53.5 Å². The molecule has 0 unspecified atom stereocenters. The lowest BCUT2D eigenvalue weighted by Crippen LogP contribution is -2.41. The molecule has 0 aliphatic carbocycles. The summed E-state index contributed by atoms with van der Waals surface area (Å²) in [6, 6.07) is 15.7. The van der Waals surface area contributed by atoms with Crippen LogP contribution in [0.1, 0.15) is 30.7 Å². The molecule has 2 heterocycles. The van der Waals surface area contributed by atoms with E-state index in [1.165, 1.54) is 4.70 Å². The van der Waals surface area contributed by atoms with Crippen LogP contribution < -0.4 is 9.47 Å². The Kier molecular flexibility index (Phi) is 5.76. The lowest BCUT2D eigenvalue weighted by molar-refractivity contribution is -0.134. The van der Waals surface area contributed by atoms with Crippen molar-refractivity contribution in [2.24, 2.45) is 0 Å². The molecule has 1 aliphatic rings. The number of ether oxygens (including phenoxy) is 2. The number of hydrogen-bond acceptors (Lipinski definition) is 5. The summed E-state index contributed by atoms with van der Waals surface area (Å²) in [4.78, 5) is 19.4. The van der Waals surface area contributed by atoms with Gasteiger partial charge < -0.3 is 14.4 Å². The van der Waals surface area contributed by atoms with Crippen LogP contribution in [0.25, 0.3) is 10.2 Å². The molecule has 3 aromatic rings. The van der Waals surface area contributed by atoms with Gasteiger partial charge in [0, 0.05) is 19.0 Å². The quantitative estimate of drug-likeness (QED) is 0.616. The van der Waals surface area contributed by atoms with E-state index in [0.29, 0.717) is 30.6 Å². The second-order valence-electron chi connectivity index (χ2n) is 6.87. The largest absolute Gasteiger partial charge is 0.490 e. The van der Waals surface area contributed by atoms with Gasteiger partial charge in [-0.25, -0.2) is 4.98 Å². The number of para-hydroxylation sites is 3. The van der Waals surface area contributed by atoms with Gasteiger partial charge in [-0.15, -0.1) is 11.3 Å². The second-order valence-corrected chi connectivity index (χ2v) is 7.93. The van der Waals surface area contributed by atoms with Gasteiger partial charge in [0.25, 0.3) is 5.91 Å². The number of fused-ring (bicyclic) bond motifs is 1. The molecule has 0 radical (unpaired) electrons. The molecule has 2 aromatic carbocycles. The fourth-order valence-corrected chi connectivity index (χ4v) is 4.64. The summed E-state index contributed by atoms with van der Waals surface area (Å²) in [7, 11) is 0. The van der Waals surface area contributed by atoms with Gasteiger partial charge in [0.1, 0.15) is 0 Å². The predicted molar refractivity (Wildman–Crippen MR) is 111 cm³/mol.